The van der Waals surface area contributed by atoms with E-state index in [0.717, 1.165) is 0 Å². The highest BCUT2D eigenvalue weighted by Gasteiger charge is 2.43. The summed E-state index contributed by atoms with van der Waals surface area (Å²) in [5.74, 6) is 3.04. The van der Waals surface area contributed by atoms with E-state index in [1.54, 1.807) is 36.2 Å². The van der Waals surface area contributed by atoms with Crippen LogP contribution in [0.5, 0.6) is 5.75 Å². The first-order valence-corrected chi connectivity index (χ1v) is 21.9. The van der Waals surface area contributed by atoms with Gasteiger partial charge >= 0.3 is 6.09 Å². The smallest absolute Gasteiger partial charge is 0.410 e. The van der Waals surface area contributed by atoms with E-state index in [0.29, 0.717) is 81.8 Å². The Balaban J connectivity index is 1.55. The Bertz CT molecular complexity index is 2180. The maximum absolute atomic E-state index is 17.5. The molecule has 2 aliphatic rings. The lowest BCUT2D eigenvalue weighted by atomic mass is 9.94. The number of amides is 1. The molecule has 2 fully saturated rings. The zero-order valence-electron chi connectivity index (χ0n) is 34.3. The second kappa shape index (κ2) is 16.1. The Labute approximate surface area is 335 Å². The van der Waals surface area contributed by atoms with E-state index in [9.17, 15) is 4.79 Å². The highest BCUT2D eigenvalue weighted by atomic mass is 35.5. The molecule has 2 unspecified atom stereocenters. The van der Waals surface area contributed by atoms with E-state index in [1.165, 1.54) is 13.2 Å². The van der Waals surface area contributed by atoms with Crippen LogP contribution in [0.2, 0.25) is 21.8 Å². The van der Waals surface area contributed by atoms with E-state index in [4.69, 9.17) is 40.5 Å². The summed E-state index contributed by atoms with van der Waals surface area (Å²) >= 11 is 6.84. The minimum absolute atomic E-state index is 0.00584. The van der Waals surface area contributed by atoms with Gasteiger partial charge in [0.15, 0.2) is 12.6 Å². The van der Waals surface area contributed by atoms with Crippen molar-refractivity contribution in [2.45, 2.75) is 104 Å². The third-order valence-corrected chi connectivity index (χ3v) is 17.9. The standard InChI is InChI=1S/C43H53ClF2N4O5Si/c1-24(2)56(25(3)4,26(5)6)15-14-32-35(45)13-12-28-16-31(54-23-52-11)17-33(37(28)32)39-38(46)36-27(7)40(44)48-41(34(36)18-47-39)50-29-19-49(20-30(50)22-53-21-29)42(51)55-43(8,9)10/h12-13,16-18,24-26,29-30H,19-23H2,1-11H3. The van der Waals surface area contributed by atoms with Gasteiger partial charge in [0.05, 0.1) is 30.9 Å². The van der Waals surface area contributed by atoms with Crippen LogP contribution in [0, 0.1) is 30.0 Å². The summed E-state index contributed by atoms with van der Waals surface area (Å²) in [5, 5.41) is 1.89. The number of benzene rings is 2. The fourth-order valence-corrected chi connectivity index (χ4v) is 14.2. The number of hydrogen-bond donors (Lipinski definition) is 0. The number of fused-ring (bicyclic) bond motifs is 4. The number of aryl methyl sites for hydroxylation is 1. The molecule has 56 heavy (non-hydrogen) atoms. The van der Waals surface area contributed by atoms with Gasteiger partial charge in [-0.2, -0.15) is 0 Å². The number of rotatable bonds is 8. The molecular weight excluding hydrogens is 754 g/mol. The summed E-state index contributed by atoms with van der Waals surface area (Å²) in [5.41, 5.74) is 4.93. The molecule has 2 saturated heterocycles. The quantitative estimate of drug-likeness (QED) is 0.0753. The number of ether oxygens (including phenoxy) is 4. The molecule has 2 aromatic carbocycles. The van der Waals surface area contributed by atoms with Crippen molar-refractivity contribution in [2.24, 2.45) is 0 Å². The summed E-state index contributed by atoms with van der Waals surface area (Å²) in [6, 6.07) is 5.90. The van der Waals surface area contributed by atoms with Crippen molar-refractivity contribution in [1.29, 1.82) is 0 Å². The zero-order chi connectivity index (χ0) is 40.9. The van der Waals surface area contributed by atoms with Gasteiger partial charge in [0.25, 0.3) is 0 Å². The maximum Gasteiger partial charge on any atom is 0.410 e. The molecule has 0 radical (unpaired) electrons. The number of hydrogen-bond acceptors (Lipinski definition) is 8. The predicted octanol–water partition coefficient (Wildman–Crippen LogP) is 10.1. The van der Waals surface area contributed by atoms with Gasteiger partial charge in [-0.1, -0.05) is 65.1 Å². The highest BCUT2D eigenvalue weighted by Crippen LogP contribution is 2.44. The fraction of sp³-hybridized carbons (Fsp3) is 0.512. The monoisotopic (exact) mass is 806 g/mol. The Morgan fingerprint density at radius 3 is 2.27 bits per heavy atom. The molecule has 0 N–H and O–H groups in total. The molecule has 4 heterocycles. The van der Waals surface area contributed by atoms with Crippen molar-refractivity contribution in [1.82, 2.24) is 14.9 Å². The van der Waals surface area contributed by atoms with Crippen molar-refractivity contribution >= 4 is 53.1 Å². The zero-order valence-corrected chi connectivity index (χ0v) is 36.0. The average molecular weight is 807 g/mol. The van der Waals surface area contributed by atoms with E-state index in [-0.39, 0.29) is 40.7 Å². The molecule has 2 atom stereocenters. The molecule has 0 aliphatic carbocycles. The van der Waals surface area contributed by atoms with Crippen LogP contribution >= 0.6 is 11.6 Å². The SMILES string of the molecule is COCOc1cc(-c2ncc3c(N4C5COCC4CN(C(=O)OC(C)(C)C)C5)nc(Cl)c(C)c3c2F)c2c(C#C[Si](C(C)C)(C(C)C)C(C)C)c(F)ccc2c1. The third kappa shape index (κ3) is 7.68. The lowest BCUT2D eigenvalue weighted by Crippen LogP contribution is -2.66. The van der Waals surface area contributed by atoms with Crippen molar-refractivity contribution < 1.29 is 32.5 Å². The van der Waals surface area contributed by atoms with Gasteiger partial charge < -0.3 is 28.7 Å². The summed E-state index contributed by atoms with van der Waals surface area (Å²) in [6.45, 7) is 21.7. The van der Waals surface area contributed by atoms with E-state index < -0.39 is 31.4 Å². The van der Waals surface area contributed by atoms with Crippen LogP contribution in [0.4, 0.5) is 19.4 Å². The van der Waals surface area contributed by atoms with Crippen LogP contribution in [-0.4, -0.2) is 86.9 Å². The second-order valence-electron chi connectivity index (χ2n) is 16.9. The summed E-state index contributed by atoms with van der Waals surface area (Å²) in [6.07, 6.45) is 1.20. The van der Waals surface area contributed by atoms with Gasteiger partial charge in [-0.15, -0.1) is 5.54 Å². The van der Waals surface area contributed by atoms with Gasteiger partial charge in [0.2, 0.25) is 0 Å². The van der Waals surface area contributed by atoms with Crippen LogP contribution < -0.4 is 9.64 Å². The number of pyridine rings is 2. The van der Waals surface area contributed by atoms with Gasteiger partial charge in [-0.3, -0.25) is 4.98 Å². The Kier molecular flexibility index (Phi) is 11.9. The lowest BCUT2D eigenvalue weighted by Gasteiger charge is -2.50. The first kappa shape index (κ1) is 41.6. The highest BCUT2D eigenvalue weighted by molar-refractivity contribution is 6.90. The molecule has 0 saturated carbocycles. The number of halogens is 3. The largest absolute Gasteiger partial charge is 0.468 e. The summed E-state index contributed by atoms with van der Waals surface area (Å²) < 4.78 is 56.4. The Morgan fingerprint density at radius 2 is 1.68 bits per heavy atom. The molecule has 9 nitrogen and oxygen atoms in total. The first-order valence-electron chi connectivity index (χ1n) is 19.3. The van der Waals surface area contributed by atoms with Crippen LogP contribution in [0.15, 0.2) is 30.5 Å². The average Bonchev–Trinajstić information content (AvgIpc) is 3.11. The third-order valence-electron chi connectivity index (χ3n) is 11.2. The molecule has 300 valence electrons. The van der Waals surface area contributed by atoms with Crippen LogP contribution in [-0.2, 0) is 14.2 Å². The van der Waals surface area contributed by atoms with Crippen molar-refractivity contribution in [3.63, 3.8) is 0 Å². The number of methoxy groups -OCH3 is 1. The van der Waals surface area contributed by atoms with E-state index >= 15 is 8.78 Å². The fourth-order valence-electron chi connectivity index (χ4n) is 8.77. The number of carbonyl (C=O) groups is 1. The number of nitrogens with zero attached hydrogens (tertiary/aromatic N) is 4. The van der Waals surface area contributed by atoms with Crippen molar-refractivity contribution in [3.8, 4) is 28.5 Å². The van der Waals surface area contributed by atoms with E-state index in [2.05, 4.69) is 57.9 Å². The normalized spacial score (nSPS) is 17.6. The predicted molar refractivity (Wildman–Crippen MR) is 221 cm³/mol. The Morgan fingerprint density at radius 1 is 1.04 bits per heavy atom. The van der Waals surface area contributed by atoms with Crippen molar-refractivity contribution in [2.75, 3.05) is 45.1 Å². The summed E-state index contributed by atoms with van der Waals surface area (Å²) in [7, 11) is -0.770. The summed E-state index contributed by atoms with van der Waals surface area (Å²) in [4.78, 5) is 26.4. The van der Waals surface area contributed by atoms with Gasteiger partial charge in [-0.25, -0.2) is 18.6 Å². The molecule has 6 rings (SSSR count). The molecule has 4 aromatic rings. The maximum atomic E-state index is 17.5. The molecular formula is C43H53ClF2N4O5Si. The minimum Gasteiger partial charge on any atom is -0.468 e. The molecule has 2 aromatic heterocycles. The van der Waals surface area contributed by atoms with Gasteiger partial charge in [0.1, 0.15) is 41.9 Å². The molecule has 2 bridgehead atoms. The molecule has 2 aliphatic heterocycles. The lowest BCUT2D eigenvalue weighted by molar-refractivity contribution is -0.0106. The van der Waals surface area contributed by atoms with Gasteiger partial charge in [0, 0.05) is 48.1 Å². The van der Waals surface area contributed by atoms with Crippen LogP contribution in [0.3, 0.4) is 0 Å². The van der Waals surface area contributed by atoms with Gasteiger partial charge in [-0.05, 0) is 73.5 Å². The molecule has 1 amide bonds. The number of morpholine rings is 1. The second-order valence-corrected chi connectivity index (χ2v) is 22.8. The topological polar surface area (TPSA) is 86.3 Å². The number of aromatic nitrogens is 2. The molecule has 13 heteroatoms. The number of anilines is 1. The minimum atomic E-state index is -2.28. The molecule has 0 spiro atoms. The van der Waals surface area contributed by atoms with Crippen LogP contribution in [0.25, 0.3) is 32.8 Å². The first-order chi connectivity index (χ1) is 26.4. The van der Waals surface area contributed by atoms with E-state index in [1.807, 2.05) is 20.8 Å². The van der Waals surface area contributed by atoms with Crippen LogP contribution in [0.1, 0.15) is 73.4 Å². The van der Waals surface area contributed by atoms with Crippen molar-refractivity contribution in [3.05, 3.63) is 58.4 Å². The number of carbonyl (C=O) groups excluding carboxylic acids is 1. The Hall–Kier alpha value is -4.02. The number of piperazine rings is 1.